The molecule has 0 bridgehead atoms. The number of hydrogen-bond donors (Lipinski definition) is 2. The van der Waals surface area contributed by atoms with Gasteiger partial charge in [-0.2, -0.15) is 0 Å². The van der Waals surface area contributed by atoms with Crippen LogP contribution in [0, 0.1) is 5.92 Å². The first kappa shape index (κ1) is 24.9. The van der Waals surface area contributed by atoms with Crippen molar-refractivity contribution in [1.29, 1.82) is 0 Å². The van der Waals surface area contributed by atoms with Gasteiger partial charge in [0.25, 0.3) is 0 Å². The van der Waals surface area contributed by atoms with Crippen LogP contribution >= 0.6 is 24.0 Å². The van der Waals surface area contributed by atoms with Crippen molar-refractivity contribution in [3.05, 3.63) is 0 Å². The molecule has 1 rings (SSSR count). The van der Waals surface area contributed by atoms with Crippen molar-refractivity contribution in [3.8, 4) is 0 Å². The van der Waals surface area contributed by atoms with Gasteiger partial charge in [-0.25, -0.2) is 0 Å². The molecule has 0 saturated carbocycles. The van der Waals surface area contributed by atoms with E-state index in [0.717, 1.165) is 18.4 Å². The zero-order chi connectivity index (χ0) is 17.8. The Balaban J connectivity index is 0.00000576. The zero-order valence-electron chi connectivity index (χ0n) is 17.2. The Hall–Kier alpha value is -0.0800. The lowest BCUT2D eigenvalue weighted by molar-refractivity contribution is 0.274. The molecule has 0 aromatic carbocycles. The van der Waals surface area contributed by atoms with Gasteiger partial charge < -0.3 is 20.4 Å². The fourth-order valence-corrected chi connectivity index (χ4v) is 3.17. The van der Waals surface area contributed by atoms with E-state index < -0.39 is 0 Å². The van der Waals surface area contributed by atoms with Crippen LogP contribution < -0.4 is 10.6 Å². The maximum Gasteiger partial charge on any atom is 0.191 e. The lowest BCUT2D eigenvalue weighted by atomic mass is 10.0. The molecule has 25 heavy (non-hydrogen) atoms. The summed E-state index contributed by atoms with van der Waals surface area (Å²) in [7, 11) is 4.09. The Kier molecular flexibility index (Phi) is 15.0. The van der Waals surface area contributed by atoms with Crippen molar-refractivity contribution in [2.75, 3.05) is 53.4 Å². The van der Waals surface area contributed by atoms with E-state index in [9.17, 15) is 0 Å². The summed E-state index contributed by atoms with van der Waals surface area (Å²) in [5.41, 5.74) is 0. The Morgan fingerprint density at radius 3 is 2.48 bits per heavy atom. The van der Waals surface area contributed by atoms with Crippen molar-refractivity contribution in [3.63, 3.8) is 0 Å². The van der Waals surface area contributed by atoms with Gasteiger partial charge in [-0.1, -0.05) is 26.7 Å². The van der Waals surface area contributed by atoms with Gasteiger partial charge >= 0.3 is 0 Å². The molecule has 1 heterocycles. The normalized spacial score (nSPS) is 18.6. The van der Waals surface area contributed by atoms with Crippen LogP contribution in [0.4, 0.5) is 0 Å². The van der Waals surface area contributed by atoms with Gasteiger partial charge in [0.2, 0.25) is 0 Å². The van der Waals surface area contributed by atoms with Crippen LogP contribution in [0.1, 0.15) is 52.9 Å². The molecule has 1 atom stereocenters. The van der Waals surface area contributed by atoms with Crippen LogP contribution in [0.5, 0.6) is 0 Å². The molecule has 2 N–H and O–H groups in total. The van der Waals surface area contributed by atoms with Gasteiger partial charge in [-0.15, -0.1) is 24.0 Å². The number of guanidine groups is 1. The summed E-state index contributed by atoms with van der Waals surface area (Å²) < 4.78 is 0. The van der Waals surface area contributed by atoms with Crippen molar-refractivity contribution < 1.29 is 0 Å². The lowest BCUT2D eigenvalue weighted by Gasteiger charge is -2.21. The van der Waals surface area contributed by atoms with Crippen LogP contribution in [-0.2, 0) is 0 Å². The van der Waals surface area contributed by atoms with Crippen molar-refractivity contribution in [1.82, 2.24) is 20.4 Å². The molecule has 1 saturated heterocycles. The van der Waals surface area contributed by atoms with E-state index in [2.05, 4.69) is 53.2 Å². The van der Waals surface area contributed by atoms with Gasteiger partial charge in [-0.3, -0.25) is 4.99 Å². The number of hydrogen-bond acceptors (Lipinski definition) is 3. The van der Waals surface area contributed by atoms with E-state index in [1.165, 1.54) is 64.8 Å². The molecule has 150 valence electrons. The second kappa shape index (κ2) is 15.0. The van der Waals surface area contributed by atoms with Crippen molar-refractivity contribution in [2.45, 2.75) is 58.9 Å². The number of nitrogens with zero attached hydrogens (tertiary/aromatic N) is 3. The second-order valence-corrected chi connectivity index (χ2v) is 7.72. The number of nitrogens with one attached hydrogen (secondary N) is 2. The predicted octanol–water partition coefficient (Wildman–Crippen LogP) is 3.01. The largest absolute Gasteiger partial charge is 0.356 e. The average molecular weight is 467 g/mol. The Bertz CT molecular complexity index is 349. The fourth-order valence-electron chi connectivity index (χ4n) is 3.17. The molecule has 0 aliphatic carbocycles. The van der Waals surface area contributed by atoms with E-state index >= 15 is 0 Å². The van der Waals surface area contributed by atoms with E-state index in [1.807, 2.05) is 7.05 Å². The molecule has 5 nitrogen and oxygen atoms in total. The number of rotatable bonds is 9. The van der Waals surface area contributed by atoms with Gasteiger partial charge in [0, 0.05) is 32.7 Å². The van der Waals surface area contributed by atoms with Crippen LogP contribution in [0.3, 0.4) is 0 Å². The topological polar surface area (TPSA) is 42.9 Å². The predicted molar refractivity (Wildman–Crippen MR) is 121 cm³/mol. The lowest BCUT2D eigenvalue weighted by Crippen LogP contribution is -2.43. The summed E-state index contributed by atoms with van der Waals surface area (Å²) in [6, 6.07) is 0.482. The van der Waals surface area contributed by atoms with Gasteiger partial charge in [0.05, 0.1) is 0 Å². The number of halogens is 1. The third kappa shape index (κ3) is 12.8. The maximum absolute atomic E-state index is 4.35. The van der Waals surface area contributed by atoms with E-state index in [-0.39, 0.29) is 24.0 Å². The van der Waals surface area contributed by atoms with Crippen LogP contribution in [0.2, 0.25) is 0 Å². The summed E-state index contributed by atoms with van der Waals surface area (Å²) in [5.74, 6) is 1.75. The molecule has 1 unspecified atom stereocenters. The third-order valence-corrected chi connectivity index (χ3v) is 4.78. The minimum Gasteiger partial charge on any atom is -0.356 e. The summed E-state index contributed by atoms with van der Waals surface area (Å²) in [6.07, 6.45) is 6.27. The Morgan fingerprint density at radius 1 is 1.04 bits per heavy atom. The maximum atomic E-state index is 4.35. The highest BCUT2D eigenvalue weighted by Gasteiger charge is 2.11. The van der Waals surface area contributed by atoms with E-state index in [1.54, 1.807) is 0 Å². The zero-order valence-corrected chi connectivity index (χ0v) is 19.5. The molecule has 6 heteroatoms. The van der Waals surface area contributed by atoms with Crippen LogP contribution in [0.15, 0.2) is 4.99 Å². The van der Waals surface area contributed by atoms with Crippen LogP contribution in [0.25, 0.3) is 0 Å². The minimum atomic E-state index is 0. The quantitative estimate of drug-likeness (QED) is 0.237. The third-order valence-electron chi connectivity index (χ3n) is 4.78. The summed E-state index contributed by atoms with van der Waals surface area (Å²) in [4.78, 5) is 9.38. The fraction of sp³-hybridized carbons (Fsp3) is 0.947. The second-order valence-electron chi connectivity index (χ2n) is 7.72. The molecule has 0 spiro atoms. The summed E-state index contributed by atoms with van der Waals surface area (Å²) in [6.45, 7) is 13.9. The monoisotopic (exact) mass is 467 g/mol. The van der Waals surface area contributed by atoms with Gasteiger partial charge in [0.15, 0.2) is 5.96 Å². The smallest absolute Gasteiger partial charge is 0.191 e. The van der Waals surface area contributed by atoms with Gasteiger partial charge in [0.1, 0.15) is 0 Å². The first-order chi connectivity index (χ1) is 11.5. The van der Waals surface area contributed by atoms with Gasteiger partial charge in [-0.05, 0) is 58.8 Å². The molecule has 1 aliphatic rings. The van der Waals surface area contributed by atoms with Crippen LogP contribution in [-0.4, -0.2) is 75.2 Å². The molecular formula is C19H42IN5. The number of likely N-dealkylation sites (N-methyl/N-ethyl adjacent to an activating group) is 1. The highest BCUT2D eigenvalue weighted by molar-refractivity contribution is 14.0. The molecular weight excluding hydrogens is 425 g/mol. The Labute approximate surface area is 173 Å². The van der Waals surface area contributed by atoms with E-state index in [0.29, 0.717) is 6.04 Å². The first-order valence-corrected chi connectivity index (χ1v) is 9.89. The standard InChI is InChI=1S/C19H41N5.HI/c1-17(2)9-6-10-18(3)22-19(20-4)21-11-7-13-24-14-8-12-23(5)15-16-24;/h17-18H,6-16H2,1-5H3,(H2,20,21,22);1H. The summed E-state index contributed by atoms with van der Waals surface area (Å²) >= 11 is 0. The SMILES string of the molecule is CN=C(NCCCN1CCCN(C)CC1)NC(C)CCCC(C)C.I. The molecule has 1 aliphatic heterocycles. The average Bonchev–Trinajstić information content (AvgIpc) is 2.74. The minimum absolute atomic E-state index is 0. The van der Waals surface area contributed by atoms with Crippen molar-refractivity contribution in [2.24, 2.45) is 10.9 Å². The van der Waals surface area contributed by atoms with E-state index in [4.69, 9.17) is 0 Å². The highest BCUT2D eigenvalue weighted by Crippen LogP contribution is 2.08. The molecule has 0 aromatic heterocycles. The first-order valence-electron chi connectivity index (χ1n) is 9.89. The number of aliphatic imine (C=N–C) groups is 1. The Morgan fingerprint density at radius 2 is 1.80 bits per heavy atom. The molecule has 0 aromatic rings. The molecule has 0 amide bonds. The summed E-state index contributed by atoms with van der Waals surface area (Å²) in [5, 5.41) is 6.98. The molecule has 0 radical (unpaired) electrons. The highest BCUT2D eigenvalue weighted by atomic mass is 127. The van der Waals surface area contributed by atoms with Crippen molar-refractivity contribution >= 4 is 29.9 Å². The molecule has 1 fully saturated rings.